The number of amides is 1. The van der Waals surface area contributed by atoms with Crippen LogP contribution in [0.15, 0.2) is 36.4 Å². The minimum atomic E-state index is -0.128. The molecule has 5 heteroatoms. The zero-order chi connectivity index (χ0) is 17.8. The number of hydrogen-bond acceptors (Lipinski definition) is 4. The van der Waals surface area contributed by atoms with Crippen molar-refractivity contribution in [2.45, 2.75) is 26.3 Å². The van der Waals surface area contributed by atoms with Crippen LogP contribution in [0.3, 0.4) is 0 Å². The van der Waals surface area contributed by atoms with E-state index in [1.165, 1.54) is 0 Å². The predicted octanol–water partition coefficient (Wildman–Crippen LogP) is 3.66. The molecule has 0 saturated carbocycles. The molecule has 0 spiro atoms. The van der Waals surface area contributed by atoms with Crippen LogP contribution in [0.5, 0.6) is 17.2 Å². The van der Waals surface area contributed by atoms with Gasteiger partial charge in [0.15, 0.2) is 11.5 Å². The molecule has 1 aliphatic heterocycles. The summed E-state index contributed by atoms with van der Waals surface area (Å²) in [5.41, 5.74) is 2.67. The number of hydrogen-bond donors (Lipinski definition) is 1. The highest BCUT2D eigenvalue weighted by molar-refractivity contribution is 5.95. The minimum Gasteiger partial charge on any atom is -0.496 e. The van der Waals surface area contributed by atoms with Crippen LogP contribution in [0.1, 0.15) is 40.9 Å². The maximum absolute atomic E-state index is 12.6. The van der Waals surface area contributed by atoms with E-state index < -0.39 is 0 Å². The van der Waals surface area contributed by atoms with Crippen LogP contribution in [0.4, 0.5) is 0 Å². The lowest BCUT2D eigenvalue weighted by Gasteiger charge is -2.21. The third-order valence-corrected chi connectivity index (χ3v) is 4.34. The van der Waals surface area contributed by atoms with Gasteiger partial charge in [-0.05, 0) is 48.7 Å². The summed E-state index contributed by atoms with van der Waals surface area (Å²) in [4.78, 5) is 12.6. The molecule has 0 unspecified atom stereocenters. The van der Waals surface area contributed by atoms with Crippen LogP contribution in [0, 0.1) is 6.92 Å². The Morgan fingerprint density at radius 1 is 1.16 bits per heavy atom. The van der Waals surface area contributed by atoms with Crippen molar-refractivity contribution >= 4 is 5.91 Å². The Labute approximate surface area is 147 Å². The van der Waals surface area contributed by atoms with E-state index in [0.29, 0.717) is 30.3 Å². The summed E-state index contributed by atoms with van der Waals surface area (Å²) in [7, 11) is 1.66. The Bertz CT molecular complexity index is 772. The van der Waals surface area contributed by atoms with E-state index in [9.17, 15) is 4.79 Å². The fourth-order valence-corrected chi connectivity index (χ4v) is 2.97. The Morgan fingerprint density at radius 2 is 1.92 bits per heavy atom. The molecule has 2 aromatic rings. The fraction of sp³-hybridized carbons (Fsp3) is 0.350. The molecule has 0 fully saturated rings. The molecule has 1 atom stereocenters. The Kier molecular flexibility index (Phi) is 5.12. The molecule has 0 aromatic heterocycles. The van der Waals surface area contributed by atoms with Gasteiger partial charge in [0.05, 0.1) is 13.2 Å². The molecule has 3 rings (SSSR count). The molecule has 25 heavy (non-hydrogen) atoms. The fourth-order valence-electron chi connectivity index (χ4n) is 2.97. The van der Waals surface area contributed by atoms with Gasteiger partial charge < -0.3 is 19.5 Å². The van der Waals surface area contributed by atoms with Gasteiger partial charge in [0.1, 0.15) is 19.0 Å². The normalized spacial score (nSPS) is 13.9. The van der Waals surface area contributed by atoms with Gasteiger partial charge in [0.2, 0.25) is 0 Å². The lowest BCUT2D eigenvalue weighted by molar-refractivity contribution is 0.0934. The average molecular weight is 341 g/mol. The monoisotopic (exact) mass is 341 g/mol. The first-order chi connectivity index (χ1) is 12.1. The third kappa shape index (κ3) is 3.71. The van der Waals surface area contributed by atoms with Gasteiger partial charge in [0, 0.05) is 5.56 Å². The van der Waals surface area contributed by atoms with Crippen LogP contribution in [0.2, 0.25) is 0 Å². The number of carbonyl (C=O) groups excluding carboxylic acids is 1. The second-order valence-corrected chi connectivity index (χ2v) is 6.02. The van der Waals surface area contributed by atoms with Crippen LogP contribution < -0.4 is 19.5 Å². The van der Waals surface area contributed by atoms with Crippen LogP contribution in [-0.2, 0) is 0 Å². The van der Waals surface area contributed by atoms with E-state index in [-0.39, 0.29) is 11.9 Å². The Morgan fingerprint density at radius 3 is 2.60 bits per heavy atom. The molecule has 1 amide bonds. The summed E-state index contributed by atoms with van der Waals surface area (Å²) < 4.78 is 16.4. The summed E-state index contributed by atoms with van der Waals surface area (Å²) in [6.45, 7) is 5.08. The number of benzene rings is 2. The standard InChI is InChI=1S/C20H23NO4/c1-4-16(14-5-7-17(23-3)13(2)11-14)21-20(22)15-6-8-18-19(12-15)25-10-9-24-18/h5-8,11-12,16H,4,9-10H2,1-3H3,(H,21,22)/t16-/m0/s1. The van der Waals surface area contributed by atoms with Crippen molar-refractivity contribution in [3.8, 4) is 17.2 Å². The molecule has 0 bridgehead atoms. The predicted molar refractivity (Wildman–Crippen MR) is 95.7 cm³/mol. The maximum atomic E-state index is 12.6. The zero-order valence-electron chi connectivity index (χ0n) is 14.8. The van der Waals surface area contributed by atoms with Gasteiger partial charge in [-0.25, -0.2) is 0 Å². The molecular formula is C20H23NO4. The largest absolute Gasteiger partial charge is 0.496 e. The third-order valence-electron chi connectivity index (χ3n) is 4.34. The second-order valence-electron chi connectivity index (χ2n) is 6.02. The number of methoxy groups -OCH3 is 1. The van der Waals surface area contributed by atoms with Crippen LogP contribution in [0.25, 0.3) is 0 Å². The highest BCUT2D eigenvalue weighted by Crippen LogP contribution is 2.31. The van der Waals surface area contributed by atoms with Gasteiger partial charge in [-0.15, -0.1) is 0 Å². The van der Waals surface area contributed by atoms with E-state index in [1.807, 2.05) is 26.0 Å². The van der Waals surface area contributed by atoms with Crippen molar-refractivity contribution in [1.82, 2.24) is 5.32 Å². The highest BCUT2D eigenvalue weighted by Gasteiger charge is 2.18. The molecule has 1 heterocycles. The first kappa shape index (κ1) is 17.1. The van der Waals surface area contributed by atoms with E-state index >= 15 is 0 Å². The van der Waals surface area contributed by atoms with E-state index in [2.05, 4.69) is 11.4 Å². The molecular weight excluding hydrogens is 318 g/mol. The van der Waals surface area contributed by atoms with Gasteiger partial charge in [0.25, 0.3) is 5.91 Å². The van der Waals surface area contributed by atoms with Gasteiger partial charge in [-0.2, -0.15) is 0 Å². The maximum Gasteiger partial charge on any atom is 0.251 e. The topological polar surface area (TPSA) is 56.8 Å². The quantitative estimate of drug-likeness (QED) is 0.902. The number of nitrogens with one attached hydrogen (secondary N) is 1. The molecule has 5 nitrogen and oxygen atoms in total. The SMILES string of the molecule is CC[C@H](NC(=O)c1ccc2c(c1)OCCO2)c1ccc(OC)c(C)c1. The molecule has 1 N–H and O–H groups in total. The van der Waals surface area contributed by atoms with Crippen molar-refractivity contribution in [3.63, 3.8) is 0 Å². The first-order valence-corrected chi connectivity index (χ1v) is 8.47. The van der Waals surface area contributed by atoms with Crippen molar-refractivity contribution < 1.29 is 19.0 Å². The second kappa shape index (κ2) is 7.47. The molecule has 0 saturated heterocycles. The van der Waals surface area contributed by atoms with E-state index in [4.69, 9.17) is 14.2 Å². The van der Waals surface area contributed by atoms with Gasteiger partial charge in [-0.1, -0.05) is 19.1 Å². The van der Waals surface area contributed by atoms with Crippen molar-refractivity contribution in [2.75, 3.05) is 20.3 Å². The molecule has 1 aliphatic rings. The summed E-state index contributed by atoms with van der Waals surface area (Å²) in [5.74, 6) is 2.02. The van der Waals surface area contributed by atoms with Crippen molar-refractivity contribution in [1.29, 1.82) is 0 Å². The van der Waals surface area contributed by atoms with Crippen molar-refractivity contribution in [2.24, 2.45) is 0 Å². The van der Waals surface area contributed by atoms with Crippen molar-refractivity contribution in [3.05, 3.63) is 53.1 Å². The number of aryl methyl sites for hydroxylation is 1. The molecule has 2 aromatic carbocycles. The lowest BCUT2D eigenvalue weighted by Crippen LogP contribution is -2.28. The Hall–Kier alpha value is -2.69. The van der Waals surface area contributed by atoms with Crippen LogP contribution in [-0.4, -0.2) is 26.2 Å². The number of fused-ring (bicyclic) bond motifs is 1. The minimum absolute atomic E-state index is 0.0645. The number of rotatable bonds is 5. The smallest absolute Gasteiger partial charge is 0.251 e. The zero-order valence-corrected chi connectivity index (χ0v) is 14.8. The summed E-state index contributed by atoms with van der Waals surface area (Å²) >= 11 is 0. The van der Waals surface area contributed by atoms with E-state index in [0.717, 1.165) is 23.3 Å². The molecule has 0 radical (unpaired) electrons. The van der Waals surface area contributed by atoms with Gasteiger partial charge in [-0.3, -0.25) is 4.79 Å². The molecule has 0 aliphatic carbocycles. The highest BCUT2D eigenvalue weighted by atomic mass is 16.6. The average Bonchev–Trinajstić information content (AvgIpc) is 2.65. The lowest BCUT2D eigenvalue weighted by atomic mass is 10.0. The van der Waals surface area contributed by atoms with E-state index in [1.54, 1.807) is 25.3 Å². The number of ether oxygens (including phenoxy) is 3. The number of carbonyl (C=O) groups is 1. The van der Waals surface area contributed by atoms with Crippen LogP contribution >= 0.6 is 0 Å². The van der Waals surface area contributed by atoms with Gasteiger partial charge >= 0.3 is 0 Å². The summed E-state index contributed by atoms with van der Waals surface area (Å²) in [5, 5.41) is 3.09. The Balaban J connectivity index is 1.77. The molecule has 132 valence electrons. The first-order valence-electron chi connectivity index (χ1n) is 8.47. The summed E-state index contributed by atoms with van der Waals surface area (Å²) in [6.07, 6.45) is 0.794. The summed E-state index contributed by atoms with van der Waals surface area (Å²) in [6, 6.07) is 11.2.